The average molecular weight is 359 g/mol. The van der Waals surface area contributed by atoms with Crippen LogP contribution in [0, 0.1) is 0 Å². The van der Waals surface area contributed by atoms with Gasteiger partial charge in [0.15, 0.2) is 0 Å². The summed E-state index contributed by atoms with van der Waals surface area (Å²) < 4.78 is 40.0. The first-order valence-electron chi connectivity index (χ1n) is 9.47. The largest absolute Gasteiger partial charge is 0.417 e. The van der Waals surface area contributed by atoms with E-state index in [4.69, 9.17) is 0 Å². The first-order valence-corrected chi connectivity index (χ1v) is 9.47. The number of hydrogen-bond donors (Lipinski definition) is 0. The zero-order valence-electron chi connectivity index (χ0n) is 15.0. The highest BCUT2D eigenvalue weighted by atomic mass is 19.4. The zero-order chi connectivity index (χ0) is 18.3. The van der Waals surface area contributed by atoms with E-state index in [-0.39, 0.29) is 5.56 Å². The van der Waals surface area contributed by atoms with Gasteiger partial charge in [-0.3, -0.25) is 4.90 Å². The van der Waals surface area contributed by atoms with E-state index in [1.807, 2.05) is 18.2 Å². The minimum Gasteiger partial charge on any atom is -0.297 e. The van der Waals surface area contributed by atoms with Crippen LogP contribution in [0.2, 0.25) is 0 Å². The molecule has 2 atom stereocenters. The van der Waals surface area contributed by atoms with Gasteiger partial charge in [-0.25, -0.2) is 0 Å². The van der Waals surface area contributed by atoms with Crippen molar-refractivity contribution in [3.8, 4) is 11.1 Å². The molecule has 0 amide bonds. The number of fused-ring (bicyclic) bond motifs is 1. The molecule has 2 aromatic rings. The van der Waals surface area contributed by atoms with Crippen LogP contribution in [0.4, 0.5) is 13.2 Å². The summed E-state index contributed by atoms with van der Waals surface area (Å²) in [6, 6.07) is 13.0. The van der Waals surface area contributed by atoms with Gasteiger partial charge in [-0.05, 0) is 73.9 Å². The Morgan fingerprint density at radius 3 is 2.54 bits per heavy atom. The van der Waals surface area contributed by atoms with Gasteiger partial charge in [-0.1, -0.05) is 36.4 Å². The van der Waals surface area contributed by atoms with Crippen LogP contribution in [0.1, 0.15) is 42.9 Å². The van der Waals surface area contributed by atoms with Crippen LogP contribution < -0.4 is 0 Å². The van der Waals surface area contributed by atoms with Gasteiger partial charge in [0.05, 0.1) is 5.56 Å². The summed E-state index contributed by atoms with van der Waals surface area (Å²) in [5.41, 5.74) is 2.90. The summed E-state index contributed by atoms with van der Waals surface area (Å²) >= 11 is 0. The van der Waals surface area contributed by atoms with E-state index in [1.54, 1.807) is 12.1 Å². The normalized spacial score (nSPS) is 23.8. The molecule has 0 bridgehead atoms. The molecule has 0 aromatic heterocycles. The lowest BCUT2D eigenvalue weighted by molar-refractivity contribution is -0.137. The third-order valence-corrected chi connectivity index (χ3v) is 6.03. The first kappa shape index (κ1) is 17.6. The zero-order valence-corrected chi connectivity index (χ0v) is 15.0. The Kier molecular flexibility index (Phi) is 4.55. The maximum atomic E-state index is 13.3. The van der Waals surface area contributed by atoms with Gasteiger partial charge < -0.3 is 0 Å². The van der Waals surface area contributed by atoms with Crippen molar-refractivity contribution in [2.45, 2.75) is 57.3 Å². The molecule has 0 N–H and O–H groups in total. The van der Waals surface area contributed by atoms with Crippen molar-refractivity contribution >= 4 is 0 Å². The molecule has 1 fully saturated rings. The van der Waals surface area contributed by atoms with Crippen molar-refractivity contribution in [3.63, 3.8) is 0 Å². The van der Waals surface area contributed by atoms with Crippen molar-refractivity contribution in [1.29, 1.82) is 0 Å². The smallest absolute Gasteiger partial charge is 0.297 e. The molecule has 2 unspecified atom stereocenters. The second-order valence-corrected chi connectivity index (χ2v) is 7.65. The van der Waals surface area contributed by atoms with E-state index >= 15 is 0 Å². The number of rotatable bonds is 2. The van der Waals surface area contributed by atoms with Gasteiger partial charge >= 0.3 is 6.18 Å². The number of halogens is 3. The van der Waals surface area contributed by atoms with Crippen LogP contribution in [0.15, 0.2) is 42.5 Å². The summed E-state index contributed by atoms with van der Waals surface area (Å²) in [7, 11) is 0. The number of nitrogens with zero attached hydrogens (tertiary/aromatic N) is 1. The van der Waals surface area contributed by atoms with E-state index in [9.17, 15) is 13.2 Å². The van der Waals surface area contributed by atoms with Gasteiger partial charge in [-0.15, -0.1) is 0 Å². The minimum absolute atomic E-state index is 0.276. The molecule has 1 aliphatic carbocycles. The maximum Gasteiger partial charge on any atom is 0.417 e. The fraction of sp³-hybridized carbons (Fsp3) is 0.455. The second kappa shape index (κ2) is 6.73. The van der Waals surface area contributed by atoms with E-state index in [0.29, 0.717) is 17.6 Å². The predicted octanol–water partition coefficient (Wildman–Crippen LogP) is 5.71. The van der Waals surface area contributed by atoms with Crippen LogP contribution in [0.3, 0.4) is 0 Å². The summed E-state index contributed by atoms with van der Waals surface area (Å²) in [5, 5.41) is 0. The number of likely N-dealkylation sites (tertiary alicyclic amines) is 1. The number of aryl methyl sites for hydroxylation is 1. The van der Waals surface area contributed by atoms with Crippen molar-refractivity contribution in [2.24, 2.45) is 0 Å². The van der Waals surface area contributed by atoms with Crippen molar-refractivity contribution in [2.75, 3.05) is 6.54 Å². The molecule has 1 nitrogen and oxygen atoms in total. The Bertz CT molecular complexity index is 796. The molecule has 2 aliphatic rings. The Balaban J connectivity index is 1.62. The standard InChI is InChI=1S/C22H24F3N/c1-15-5-4-12-26(15)19-11-10-16-13-18(9-8-17(16)14-19)20-6-2-3-7-21(20)22(23,24)25/h2-3,6-9,13,15,19H,4-5,10-12,14H2,1H3. The van der Waals surface area contributed by atoms with E-state index in [2.05, 4.69) is 11.8 Å². The molecule has 138 valence electrons. The molecule has 2 aromatic carbocycles. The lowest BCUT2D eigenvalue weighted by atomic mass is 9.85. The first-order chi connectivity index (χ1) is 12.4. The van der Waals surface area contributed by atoms with Crippen molar-refractivity contribution in [1.82, 2.24) is 4.90 Å². The summed E-state index contributed by atoms with van der Waals surface area (Å²) in [6.45, 7) is 3.48. The molecule has 1 aliphatic heterocycles. The maximum absolute atomic E-state index is 13.3. The van der Waals surface area contributed by atoms with E-state index in [0.717, 1.165) is 19.3 Å². The Hall–Kier alpha value is -1.81. The van der Waals surface area contributed by atoms with Gasteiger partial charge in [-0.2, -0.15) is 13.2 Å². The fourth-order valence-electron chi connectivity index (χ4n) is 4.67. The van der Waals surface area contributed by atoms with Crippen LogP contribution >= 0.6 is 0 Å². The number of benzene rings is 2. The summed E-state index contributed by atoms with van der Waals surface area (Å²) in [6.07, 6.45) is 1.28. The molecule has 26 heavy (non-hydrogen) atoms. The van der Waals surface area contributed by atoms with Gasteiger partial charge in [0, 0.05) is 12.1 Å². The summed E-state index contributed by atoms with van der Waals surface area (Å²) in [5.74, 6) is 0. The third kappa shape index (κ3) is 3.27. The molecule has 0 radical (unpaired) electrons. The molecular weight excluding hydrogens is 335 g/mol. The fourth-order valence-corrected chi connectivity index (χ4v) is 4.67. The highest BCUT2D eigenvalue weighted by molar-refractivity contribution is 5.69. The molecule has 4 rings (SSSR count). The third-order valence-electron chi connectivity index (χ3n) is 6.03. The molecule has 0 spiro atoms. The highest BCUT2D eigenvalue weighted by Crippen LogP contribution is 2.38. The lowest BCUT2D eigenvalue weighted by Gasteiger charge is -2.35. The van der Waals surface area contributed by atoms with Gasteiger partial charge in [0.25, 0.3) is 0 Å². The number of alkyl halides is 3. The van der Waals surface area contributed by atoms with Crippen molar-refractivity contribution < 1.29 is 13.2 Å². The molecule has 1 saturated heterocycles. The quantitative estimate of drug-likeness (QED) is 0.663. The highest BCUT2D eigenvalue weighted by Gasteiger charge is 2.34. The molecule has 0 saturated carbocycles. The molecule has 1 heterocycles. The Labute approximate surface area is 152 Å². The average Bonchev–Trinajstić information content (AvgIpc) is 3.06. The van der Waals surface area contributed by atoms with Crippen LogP contribution in [-0.2, 0) is 19.0 Å². The Morgan fingerprint density at radius 1 is 1.00 bits per heavy atom. The number of hydrogen-bond acceptors (Lipinski definition) is 1. The molecule has 4 heteroatoms. The summed E-state index contributed by atoms with van der Waals surface area (Å²) in [4.78, 5) is 2.62. The predicted molar refractivity (Wildman–Crippen MR) is 98.1 cm³/mol. The van der Waals surface area contributed by atoms with Crippen molar-refractivity contribution in [3.05, 3.63) is 59.2 Å². The second-order valence-electron chi connectivity index (χ2n) is 7.65. The van der Waals surface area contributed by atoms with Crippen LogP contribution in [0.25, 0.3) is 11.1 Å². The SMILES string of the molecule is CC1CCCN1C1CCc2cc(-c3ccccc3C(F)(F)F)ccc2C1. The lowest BCUT2D eigenvalue weighted by Crippen LogP contribution is -2.41. The Morgan fingerprint density at radius 2 is 1.81 bits per heavy atom. The topological polar surface area (TPSA) is 3.24 Å². The van der Waals surface area contributed by atoms with Crippen LogP contribution in [-0.4, -0.2) is 23.5 Å². The van der Waals surface area contributed by atoms with Gasteiger partial charge in [0.1, 0.15) is 0 Å². The monoisotopic (exact) mass is 359 g/mol. The van der Waals surface area contributed by atoms with Crippen LogP contribution in [0.5, 0.6) is 0 Å². The van der Waals surface area contributed by atoms with Gasteiger partial charge in [0.2, 0.25) is 0 Å². The van der Waals surface area contributed by atoms with E-state index in [1.165, 1.54) is 42.6 Å². The van der Waals surface area contributed by atoms with E-state index < -0.39 is 11.7 Å². The minimum atomic E-state index is -4.33. The molecular formula is C22H24F3N.